The van der Waals surface area contributed by atoms with Gasteiger partial charge in [-0.2, -0.15) is 0 Å². The van der Waals surface area contributed by atoms with Gasteiger partial charge in [0.15, 0.2) is 5.96 Å². The van der Waals surface area contributed by atoms with Crippen molar-refractivity contribution < 1.29 is 13.9 Å². The van der Waals surface area contributed by atoms with E-state index in [0.717, 1.165) is 23.7 Å². The molecule has 2 N–H and O–H groups in total. The maximum absolute atomic E-state index is 11.9. The number of aliphatic imine (C=N–C) groups is 1. The predicted octanol–water partition coefficient (Wildman–Crippen LogP) is 3.14. The minimum Gasteiger partial charge on any atom is -0.497 e. The third-order valence-electron chi connectivity index (χ3n) is 4.28. The number of rotatable bonds is 8. The van der Waals surface area contributed by atoms with Crippen LogP contribution in [0.1, 0.15) is 30.0 Å². The van der Waals surface area contributed by atoms with E-state index < -0.39 is 0 Å². The predicted molar refractivity (Wildman–Crippen MR) is 126 cm³/mol. The van der Waals surface area contributed by atoms with Gasteiger partial charge in [0.2, 0.25) is 5.91 Å². The summed E-state index contributed by atoms with van der Waals surface area (Å²) in [6.45, 7) is 4.66. The summed E-state index contributed by atoms with van der Waals surface area (Å²) in [7, 11) is 5.09. The Bertz CT molecular complexity index is 787. The molecule has 7 nitrogen and oxygen atoms in total. The number of guanidine groups is 1. The van der Waals surface area contributed by atoms with Gasteiger partial charge in [0.05, 0.1) is 13.2 Å². The first-order chi connectivity index (χ1) is 13.4. The van der Waals surface area contributed by atoms with E-state index in [1.807, 2.05) is 50.2 Å². The second-order valence-electron chi connectivity index (χ2n) is 6.79. The molecular weight excluding hydrogens is 483 g/mol. The third-order valence-corrected chi connectivity index (χ3v) is 4.28. The van der Waals surface area contributed by atoms with Crippen LogP contribution in [-0.4, -0.2) is 51.1 Å². The molecule has 0 saturated heterocycles. The molecule has 1 aromatic heterocycles. The number of hydrogen-bond donors (Lipinski definition) is 2. The first kappa shape index (κ1) is 24.8. The number of methoxy groups -OCH3 is 1. The summed E-state index contributed by atoms with van der Waals surface area (Å²) in [6.07, 6.45) is 0.820. The molecule has 0 aliphatic carbocycles. The monoisotopic (exact) mass is 514 g/mol. The Labute approximate surface area is 189 Å². The van der Waals surface area contributed by atoms with Gasteiger partial charge in [-0.25, -0.2) is 4.99 Å². The molecule has 1 aromatic carbocycles. The van der Waals surface area contributed by atoms with Gasteiger partial charge in [-0.1, -0.05) is 12.1 Å². The zero-order valence-electron chi connectivity index (χ0n) is 17.7. The lowest BCUT2D eigenvalue weighted by molar-refractivity contribution is -0.127. The van der Waals surface area contributed by atoms with Crippen LogP contribution in [-0.2, 0) is 11.2 Å². The van der Waals surface area contributed by atoms with E-state index in [0.29, 0.717) is 12.5 Å². The van der Waals surface area contributed by atoms with Gasteiger partial charge in [-0.3, -0.25) is 4.79 Å². The number of amides is 1. The maximum Gasteiger partial charge on any atom is 0.243 e. The molecule has 1 unspecified atom stereocenters. The summed E-state index contributed by atoms with van der Waals surface area (Å²) in [4.78, 5) is 17.8. The van der Waals surface area contributed by atoms with Crippen molar-refractivity contribution in [2.75, 3.05) is 34.3 Å². The molecule has 1 amide bonds. The molecule has 160 valence electrons. The minimum absolute atomic E-state index is 0. The number of carbonyl (C=O) groups is 1. The lowest BCUT2D eigenvalue weighted by Crippen LogP contribution is -2.40. The normalized spacial score (nSPS) is 12.0. The fraction of sp³-hybridized carbons (Fsp3) is 0.429. The number of ether oxygens (including phenoxy) is 1. The summed E-state index contributed by atoms with van der Waals surface area (Å²) in [6, 6.07) is 11.8. The molecule has 8 heteroatoms. The van der Waals surface area contributed by atoms with Crippen molar-refractivity contribution in [1.29, 1.82) is 0 Å². The van der Waals surface area contributed by atoms with Crippen LogP contribution in [0.3, 0.4) is 0 Å². The van der Waals surface area contributed by atoms with Crippen molar-refractivity contribution in [2.24, 2.45) is 4.99 Å². The molecule has 0 bridgehead atoms. The largest absolute Gasteiger partial charge is 0.497 e. The minimum atomic E-state index is -0.0737. The molecule has 0 aliphatic heterocycles. The van der Waals surface area contributed by atoms with Crippen LogP contribution in [0.4, 0.5) is 0 Å². The van der Waals surface area contributed by atoms with E-state index in [4.69, 9.17) is 9.15 Å². The summed E-state index contributed by atoms with van der Waals surface area (Å²) in [5, 5.41) is 6.59. The standard InChI is InChI=1S/C21H30N4O3.HI/c1-15-6-11-19(28-15)16(2)24-21(23-14-20(26)25(3)4)22-13-12-17-7-9-18(27-5)10-8-17;/h6-11,16H,12-14H2,1-5H3,(H2,22,23,24);1H. The van der Waals surface area contributed by atoms with E-state index in [9.17, 15) is 4.79 Å². The highest BCUT2D eigenvalue weighted by atomic mass is 127. The topological polar surface area (TPSA) is 79.1 Å². The summed E-state index contributed by atoms with van der Waals surface area (Å²) >= 11 is 0. The lowest BCUT2D eigenvalue weighted by Gasteiger charge is -2.17. The average Bonchev–Trinajstić information content (AvgIpc) is 3.12. The quantitative estimate of drug-likeness (QED) is 0.322. The van der Waals surface area contributed by atoms with Gasteiger partial charge in [0.1, 0.15) is 23.8 Å². The van der Waals surface area contributed by atoms with Crippen LogP contribution >= 0.6 is 24.0 Å². The summed E-state index contributed by atoms with van der Waals surface area (Å²) in [5.41, 5.74) is 1.19. The second-order valence-corrected chi connectivity index (χ2v) is 6.79. The maximum atomic E-state index is 11.9. The van der Waals surface area contributed by atoms with Gasteiger partial charge in [-0.05, 0) is 50.1 Å². The highest BCUT2D eigenvalue weighted by Gasteiger charge is 2.12. The molecular formula is C21H31IN4O3. The molecule has 0 fully saturated rings. The highest BCUT2D eigenvalue weighted by molar-refractivity contribution is 14.0. The van der Waals surface area contributed by atoms with Gasteiger partial charge >= 0.3 is 0 Å². The van der Waals surface area contributed by atoms with Gasteiger partial charge < -0.3 is 24.7 Å². The molecule has 2 rings (SSSR count). The fourth-order valence-electron chi connectivity index (χ4n) is 2.52. The number of nitrogens with zero attached hydrogens (tertiary/aromatic N) is 2. The van der Waals surface area contributed by atoms with Crippen molar-refractivity contribution in [2.45, 2.75) is 26.3 Å². The van der Waals surface area contributed by atoms with Crippen molar-refractivity contribution in [3.63, 3.8) is 0 Å². The number of likely N-dealkylation sites (N-methyl/N-ethyl adjacent to an activating group) is 1. The number of aryl methyl sites for hydroxylation is 1. The smallest absolute Gasteiger partial charge is 0.243 e. The van der Waals surface area contributed by atoms with Crippen LogP contribution in [0.15, 0.2) is 45.8 Å². The van der Waals surface area contributed by atoms with Gasteiger partial charge in [-0.15, -0.1) is 24.0 Å². The second kappa shape index (κ2) is 12.4. The van der Waals surface area contributed by atoms with Crippen molar-refractivity contribution >= 4 is 35.8 Å². The van der Waals surface area contributed by atoms with Crippen LogP contribution in [0.25, 0.3) is 0 Å². The Hall–Kier alpha value is -2.23. The van der Waals surface area contributed by atoms with E-state index in [1.165, 1.54) is 10.5 Å². The third kappa shape index (κ3) is 8.35. The number of carbonyl (C=O) groups excluding carboxylic acids is 1. The average molecular weight is 514 g/mol. The lowest BCUT2D eigenvalue weighted by atomic mass is 10.1. The van der Waals surface area contributed by atoms with Crippen molar-refractivity contribution in [3.8, 4) is 5.75 Å². The molecule has 0 saturated carbocycles. The van der Waals surface area contributed by atoms with Gasteiger partial charge in [0.25, 0.3) is 0 Å². The number of benzene rings is 1. The Balaban J connectivity index is 0.00000420. The number of nitrogens with one attached hydrogen (secondary N) is 2. The Kier molecular flexibility index (Phi) is 10.6. The number of hydrogen-bond acceptors (Lipinski definition) is 4. The Morgan fingerprint density at radius 3 is 2.45 bits per heavy atom. The molecule has 0 aliphatic rings. The SMILES string of the molecule is COc1ccc(CCNC(=NCC(=O)N(C)C)NC(C)c2ccc(C)o2)cc1.I. The molecule has 1 atom stereocenters. The van der Waals surface area contributed by atoms with E-state index in [-0.39, 0.29) is 42.5 Å². The fourth-order valence-corrected chi connectivity index (χ4v) is 2.52. The van der Waals surface area contributed by atoms with E-state index in [2.05, 4.69) is 15.6 Å². The van der Waals surface area contributed by atoms with Crippen LogP contribution < -0.4 is 15.4 Å². The number of halogens is 1. The van der Waals surface area contributed by atoms with E-state index in [1.54, 1.807) is 21.2 Å². The summed E-state index contributed by atoms with van der Waals surface area (Å²) < 4.78 is 10.9. The first-order valence-electron chi connectivity index (χ1n) is 9.33. The Morgan fingerprint density at radius 1 is 1.21 bits per heavy atom. The van der Waals surface area contributed by atoms with Crippen LogP contribution in [0.2, 0.25) is 0 Å². The zero-order valence-corrected chi connectivity index (χ0v) is 20.0. The first-order valence-corrected chi connectivity index (χ1v) is 9.33. The number of furan rings is 1. The van der Waals surface area contributed by atoms with Crippen LogP contribution in [0.5, 0.6) is 5.75 Å². The van der Waals surface area contributed by atoms with Crippen molar-refractivity contribution in [1.82, 2.24) is 15.5 Å². The molecule has 0 spiro atoms. The molecule has 0 radical (unpaired) electrons. The molecule has 29 heavy (non-hydrogen) atoms. The zero-order chi connectivity index (χ0) is 20.5. The van der Waals surface area contributed by atoms with Gasteiger partial charge in [0, 0.05) is 20.6 Å². The molecule has 2 aromatic rings. The van der Waals surface area contributed by atoms with Crippen molar-refractivity contribution in [3.05, 3.63) is 53.5 Å². The van der Waals surface area contributed by atoms with Crippen LogP contribution in [0, 0.1) is 6.92 Å². The van der Waals surface area contributed by atoms with E-state index >= 15 is 0 Å². The Morgan fingerprint density at radius 2 is 1.90 bits per heavy atom. The molecule has 1 heterocycles. The summed E-state index contributed by atoms with van der Waals surface area (Å²) in [5.74, 6) is 3.03. The highest BCUT2D eigenvalue weighted by Crippen LogP contribution is 2.15.